The number of hydrogen-bond donors (Lipinski definition) is 6. The van der Waals surface area contributed by atoms with Crippen LogP contribution < -0.4 is 0 Å². The van der Waals surface area contributed by atoms with Gasteiger partial charge in [0.2, 0.25) is 0 Å². The Morgan fingerprint density at radius 1 is 0.559 bits per heavy atom. The molecule has 1 aromatic rings. The highest BCUT2D eigenvalue weighted by molar-refractivity contribution is 6.04. The minimum absolute atomic E-state index is 0.117. The molecule has 0 saturated carbocycles. The van der Waals surface area contributed by atoms with E-state index in [4.69, 9.17) is 0 Å². The van der Waals surface area contributed by atoms with Crippen molar-refractivity contribution in [2.75, 3.05) is 0 Å². The van der Waals surface area contributed by atoms with Gasteiger partial charge < -0.3 is 30.6 Å². The van der Waals surface area contributed by atoms with Crippen molar-refractivity contribution < 1.29 is 49.8 Å². The van der Waals surface area contributed by atoms with E-state index in [9.17, 15) is 49.8 Å². The summed E-state index contributed by atoms with van der Waals surface area (Å²) < 4.78 is 0. The van der Waals surface area contributed by atoms with Crippen LogP contribution in [0.5, 0.6) is 0 Å². The zero-order chi connectivity index (χ0) is 25.2. The second-order valence-electron chi connectivity index (χ2n) is 7.33. The topological polar surface area (TPSA) is 190 Å². The molecule has 0 fully saturated rings. The standard InChI is InChI=1S/C24H18O10/c25-9-13-5-7-15(21(27)28)19(23(31)32)17(13)11-1-2-12(4-3-11)18-14(10-26)6-8-16(22(29)30)20(18)24(33)34/h1-10,17-18,25-26H,(H,27,28)(H,29,30)(H,31,32)(H,33,34). The molecule has 3 rings (SSSR count). The van der Waals surface area contributed by atoms with Gasteiger partial charge in [-0.25, -0.2) is 19.2 Å². The van der Waals surface area contributed by atoms with Gasteiger partial charge in [-0.05, 0) is 34.4 Å². The molecule has 0 bridgehead atoms. The van der Waals surface area contributed by atoms with Gasteiger partial charge >= 0.3 is 23.9 Å². The van der Waals surface area contributed by atoms with Crippen LogP contribution in [0.1, 0.15) is 23.0 Å². The van der Waals surface area contributed by atoms with E-state index in [-0.39, 0.29) is 22.3 Å². The molecular weight excluding hydrogens is 448 g/mol. The first-order valence-corrected chi connectivity index (χ1v) is 9.68. The lowest BCUT2D eigenvalue weighted by molar-refractivity contribution is -0.135. The highest BCUT2D eigenvalue weighted by atomic mass is 16.4. The van der Waals surface area contributed by atoms with Gasteiger partial charge in [0, 0.05) is 11.8 Å². The van der Waals surface area contributed by atoms with Crippen molar-refractivity contribution in [2.45, 2.75) is 11.8 Å². The third-order valence-electron chi connectivity index (χ3n) is 5.53. The predicted molar refractivity (Wildman–Crippen MR) is 116 cm³/mol. The zero-order valence-corrected chi connectivity index (χ0v) is 17.2. The van der Waals surface area contributed by atoms with Crippen LogP contribution in [0.4, 0.5) is 0 Å². The minimum atomic E-state index is -1.50. The summed E-state index contributed by atoms with van der Waals surface area (Å²) in [4.78, 5) is 46.9. The van der Waals surface area contributed by atoms with Gasteiger partial charge in [-0.2, -0.15) is 0 Å². The first kappa shape index (κ1) is 23.8. The van der Waals surface area contributed by atoms with Crippen LogP contribution in [0, 0.1) is 0 Å². The lowest BCUT2D eigenvalue weighted by Gasteiger charge is -2.26. The Morgan fingerprint density at radius 2 is 0.882 bits per heavy atom. The van der Waals surface area contributed by atoms with Crippen molar-refractivity contribution >= 4 is 23.9 Å². The summed E-state index contributed by atoms with van der Waals surface area (Å²) >= 11 is 0. The van der Waals surface area contributed by atoms with E-state index in [0.29, 0.717) is 12.5 Å². The molecule has 0 aromatic heterocycles. The lowest BCUT2D eigenvalue weighted by Crippen LogP contribution is -2.22. The third-order valence-corrected chi connectivity index (χ3v) is 5.53. The molecule has 0 aliphatic heterocycles. The van der Waals surface area contributed by atoms with Crippen LogP contribution in [0.15, 0.2) is 94.5 Å². The number of carboxylic acids is 4. The average molecular weight is 466 g/mol. The van der Waals surface area contributed by atoms with E-state index in [2.05, 4.69) is 0 Å². The summed E-state index contributed by atoms with van der Waals surface area (Å²) in [6.45, 7) is 0. The van der Waals surface area contributed by atoms with Gasteiger partial charge in [-0.3, -0.25) is 0 Å². The van der Waals surface area contributed by atoms with E-state index < -0.39 is 58.0 Å². The van der Waals surface area contributed by atoms with Crippen LogP contribution in [0.3, 0.4) is 0 Å². The predicted octanol–water partition coefficient (Wildman–Crippen LogP) is 2.81. The molecule has 6 N–H and O–H groups in total. The fourth-order valence-electron chi connectivity index (χ4n) is 4.06. The average Bonchev–Trinajstić information content (AvgIpc) is 2.81. The van der Waals surface area contributed by atoms with Crippen molar-refractivity contribution in [3.05, 3.63) is 106 Å². The maximum Gasteiger partial charge on any atom is 0.336 e. The van der Waals surface area contributed by atoms with Crippen molar-refractivity contribution in [1.82, 2.24) is 0 Å². The minimum Gasteiger partial charge on any atom is -0.515 e. The third kappa shape index (κ3) is 4.11. The van der Waals surface area contributed by atoms with E-state index in [0.717, 1.165) is 12.2 Å². The molecule has 0 spiro atoms. The summed E-state index contributed by atoms with van der Waals surface area (Å²) in [6.07, 6.45) is 6.03. The van der Waals surface area contributed by atoms with Gasteiger partial charge in [0.1, 0.15) is 0 Å². The Hall–Kier alpha value is -4.86. The number of aliphatic hydroxyl groups excluding tert-OH is 2. The number of carbonyl (C=O) groups is 4. The van der Waals surface area contributed by atoms with E-state index >= 15 is 0 Å². The first-order valence-electron chi connectivity index (χ1n) is 9.68. The maximum absolute atomic E-state index is 11.9. The molecule has 2 aliphatic rings. The Labute approximate surface area is 191 Å². The molecule has 2 atom stereocenters. The van der Waals surface area contributed by atoms with Crippen LogP contribution in [0.2, 0.25) is 0 Å². The summed E-state index contributed by atoms with van der Waals surface area (Å²) in [5.74, 6) is -8.21. The number of hydrogen-bond acceptors (Lipinski definition) is 6. The molecular formula is C24H18O10. The van der Waals surface area contributed by atoms with Crippen LogP contribution in [0.25, 0.3) is 0 Å². The Morgan fingerprint density at radius 3 is 1.12 bits per heavy atom. The maximum atomic E-state index is 11.9. The Bertz CT molecular complexity index is 1170. The molecule has 34 heavy (non-hydrogen) atoms. The van der Waals surface area contributed by atoms with Crippen molar-refractivity contribution in [3.63, 3.8) is 0 Å². The summed E-state index contributed by atoms with van der Waals surface area (Å²) in [5, 5.41) is 57.4. The molecule has 174 valence electrons. The molecule has 10 nitrogen and oxygen atoms in total. The number of aliphatic carboxylic acids is 4. The Kier molecular flexibility index (Phi) is 6.53. The highest BCUT2D eigenvalue weighted by Gasteiger charge is 2.35. The molecule has 2 unspecified atom stereocenters. The van der Waals surface area contributed by atoms with Gasteiger partial charge in [-0.1, -0.05) is 36.4 Å². The number of carboxylic acid groups (broad SMARTS) is 4. The van der Waals surface area contributed by atoms with Gasteiger partial charge in [0.05, 0.1) is 34.8 Å². The molecule has 0 amide bonds. The van der Waals surface area contributed by atoms with Crippen LogP contribution >= 0.6 is 0 Å². The molecule has 1 aromatic carbocycles. The number of benzene rings is 1. The van der Waals surface area contributed by atoms with Crippen molar-refractivity contribution in [3.8, 4) is 0 Å². The largest absolute Gasteiger partial charge is 0.515 e. The fourth-order valence-corrected chi connectivity index (χ4v) is 4.06. The van der Waals surface area contributed by atoms with E-state index in [1.165, 1.54) is 36.4 Å². The Balaban J connectivity index is 2.16. The number of allylic oxidation sites excluding steroid dienone is 4. The zero-order valence-electron chi connectivity index (χ0n) is 17.2. The second-order valence-corrected chi connectivity index (χ2v) is 7.33. The lowest BCUT2D eigenvalue weighted by atomic mass is 9.76. The first-order chi connectivity index (χ1) is 16.1. The summed E-state index contributed by atoms with van der Waals surface area (Å²) in [5.41, 5.74) is -1.07. The SMILES string of the molecule is O=C(O)C1=C(C(=O)O)C(c2ccc(C3C(=CO)C=CC(C(=O)O)=C3C(=O)O)cc2)C(=CO)C=C1. The molecule has 2 aliphatic carbocycles. The molecule has 0 heterocycles. The van der Waals surface area contributed by atoms with Crippen molar-refractivity contribution in [2.24, 2.45) is 0 Å². The monoisotopic (exact) mass is 466 g/mol. The molecule has 10 heteroatoms. The van der Waals surface area contributed by atoms with Crippen LogP contribution in [-0.4, -0.2) is 54.5 Å². The van der Waals surface area contributed by atoms with Gasteiger partial charge in [0.15, 0.2) is 0 Å². The smallest absolute Gasteiger partial charge is 0.336 e. The second kappa shape index (κ2) is 9.33. The number of aliphatic hydroxyl groups is 2. The van der Waals surface area contributed by atoms with Gasteiger partial charge in [0.25, 0.3) is 0 Å². The highest BCUT2D eigenvalue weighted by Crippen LogP contribution is 2.41. The van der Waals surface area contributed by atoms with Crippen molar-refractivity contribution in [1.29, 1.82) is 0 Å². The quantitative estimate of drug-likeness (QED) is 0.340. The fraction of sp³-hybridized carbons (Fsp3) is 0.0833. The number of rotatable bonds is 6. The molecule has 0 radical (unpaired) electrons. The van der Waals surface area contributed by atoms with E-state index in [1.807, 2.05) is 0 Å². The van der Waals surface area contributed by atoms with Crippen LogP contribution in [-0.2, 0) is 19.2 Å². The van der Waals surface area contributed by atoms with Gasteiger partial charge in [-0.15, -0.1) is 0 Å². The summed E-state index contributed by atoms with van der Waals surface area (Å²) in [6, 6.07) is 5.66. The normalized spacial score (nSPS) is 22.4. The summed E-state index contributed by atoms with van der Waals surface area (Å²) in [7, 11) is 0. The van der Waals surface area contributed by atoms with E-state index in [1.54, 1.807) is 0 Å². The molecule has 0 saturated heterocycles.